The summed E-state index contributed by atoms with van der Waals surface area (Å²) in [5, 5.41) is 8.83. The Labute approximate surface area is 162 Å². The van der Waals surface area contributed by atoms with E-state index in [1.165, 1.54) is 0 Å². The van der Waals surface area contributed by atoms with Gasteiger partial charge in [-0.15, -0.1) is 0 Å². The van der Waals surface area contributed by atoms with E-state index in [0.717, 1.165) is 64.4 Å². The number of rotatable bonds is 16. The minimum Gasteiger partial charge on any atom is -0.481 e. The second kappa shape index (κ2) is 13.5. The molecule has 0 saturated heterocycles. The van der Waals surface area contributed by atoms with E-state index >= 15 is 0 Å². The molecule has 0 radical (unpaired) electrons. The first-order valence-electron chi connectivity index (χ1n) is 10.4. The molecule has 0 saturated carbocycles. The molecule has 0 aromatic rings. The van der Waals surface area contributed by atoms with Gasteiger partial charge in [0.2, 0.25) is 0 Å². The lowest BCUT2D eigenvalue weighted by atomic mass is 10.0. The maximum atomic E-state index is 11.9. The van der Waals surface area contributed by atoms with Crippen LogP contribution in [0.15, 0.2) is 0 Å². The van der Waals surface area contributed by atoms with Crippen molar-refractivity contribution in [2.45, 2.75) is 116 Å². The molecule has 0 aliphatic heterocycles. The van der Waals surface area contributed by atoms with Crippen LogP contribution in [-0.4, -0.2) is 31.8 Å². The zero-order valence-corrected chi connectivity index (χ0v) is 18.9. The van der Waals surface area contributed by atoms with Gasteiger partial charge in [0.05, 0.1) is 0 Å². The first-order chi connectivity index (χ1) is 12.1. The topological polar surface area (TPSA) is 63.6 Å². The van der Waals surface area contributed by atoms with Crippen molar-refractivity contribution in [3.8, 4) is 0 Å². The number of carbonyl (C=O) groups excluding carboxylic acids is 1. The van der Waals surface area contributed by atoms with Gasteiger partial charge >= 0.3 is 5.97 Å². The summed E-state index contributed by atoms with van der Waals surface area (Å²) in [5.74, 6) is -0.334. The van der Waals surface area contributed by atoms with E-state index in [2.05, 4.69) is 33.9 Å². The van der Waals surface area contributed by atoms with E-state index in [4.69, 9.17) is 9.53 Å². The van der Waals surface area contributed by atoms with E-state index in [1.54, 1.807) is 0 Å². The molecule has 0 aliphatic carbocycles. The van der Waals surface area contributed by atoms with Gasteiger partial charge in [0, 0.05) is 25.9 Å². The molecule has 0 atom stereocenters. The first-order valence-corrected chi connectivity index (χ1v) is 13.3. The first kappa shape index (κ1) is 25.3. The Morgan fingerprint density at radius 3 is 1.65 bits per heavy atom. The summed E-state index contributed by atoms with van der Waals surface area (Å²) in [6.07, 6.45) is 10.7. The highest BCUT2D eigenvalue weighted by atomic mass is 28.4. The van der Waals surface area contributed by atoms with Crippen LogP contribution in [0.4, 0.5) is 0 Å². The number of unbranched alkanes of at least 4 members (excludes halogenated alkanes) is 7. The minimum atomic E-state index is -1.61. The number of carboxylic acids is 1. The normalized spacial score (nSPS) is 12.3. The second-order valence-corrected chi connectivity index (χ2v) is 13.8. The van der Waals surface area contributed by atoms with Crippen LogP contribution >= 0.6 is 0 Å². The third-order valence-electron chi connectivity index (χ3n) is 5.47. The SMILES string of the molecule is CC(C)(C)[Si](C)(C)OCCCCCCC(=O)CCCCCCCC(=O)O. The molecule has 4 nitrogen and oxygen atoms in total. The molecule has 0 rings (SSSR count). The van der Waals surface area contributed by atoms with Crippen molar-refractivity contribution in [2.24, 2.45) is 0 Å². The summed E-state index contributed by atoms with van der Waals surface area (Å²) in [6.45, 7) is 12.2. The van der Waals surface area contributed by atoms with Crippen molar-refractivity contribution in [1.29, 1.82) is 0 Å². The van der Waals surface area contributed by atoms with Crippen molar-refractivity contribution in [3.63, 3.8) is 0 Å². The molecular formula is C21H42O4Si. The number of carbonyl (C=O) groups is 2. The van der Waals surface area contributed by atoms with Crippen LogP contribution in [0.25, 0.3) is 0 Å². The van der Waals surface area contributed by atoms with Crippen LogP contribution < -0.4 is 0 Å². The number of ketones is 1. The van der Waals surface area contributed by atoms with E-state index in [0.29, 0.717) is 18.6 Å². The number of carboxylic acid groups (broad SMARTS) is 1. The van der Waals surface area contributed by atoms with Gasteiger partial charge in [-0.2, -0.15) is 0 Å². The summed E-state index contributed by atoms with van der Waals surface area (Å²) in [6, 6.07) is 0. The maximum absolute atomic E-state index is 11.9. The van der Waals surface area contributed by atoms with E-state index in [1.807, 2.05) is 0 Å². The Kier molecular flexibility index (Phi) is 13.1. The Morgan fingerprint density at radius 1 is 0.769 bits per heavy atom. The fourth-order valence-corrected chi connectivity index (χ4v) is 3.66. The predicted molar refractivity (Wildman–Crippen MR) is 111 cm³/mol. The number of hydrogen-bond donors (Lipinski definition) is 1. The summed E-state index contributed by atoms with van der Waals surface area (Å²) in [5.41, 5.74) is 0. The Balaban J connectivity index is 3.46. The second-order valence-electron chi connectivity index (χ2n) is 8.97. The van der Waals surface area contributed by atoms with Crippen LogP contribution in [0, 0.1) is 0 Å². The quantitative estimate of drug-likeness (QED) is 0.248. The molecule has 0 aromatic heterocycles. The van der Waals surface area contributed by atoms with Gasteiger partial charge in [-0.3, -0.25) is 9.59 Å². The fraction of sp³-hybridized carbons (Fsp3) is 0.905. The highest BCUT2D eigenvalue weighted by Crippen LogP contribution is 2.36. The van der Waals surface area contributed by atoms with Gasteiger partial charge in [-0.1, -0.05) is 52.9 Å². The van der Waals surface area contributed by atoms with Gasteiger partial charge in [0.25, 0.3) is 0 Å². The van der Waals surface area contributed by atoms with E-state index in [-0.39, 0.29) is 11.5 Å². The molecule has 0 heterocycles. The Bertz CT molecular complexity index is 399. The number of Topliss-reactive ketones (excluding diaryl/α,β-unsaturated/α-hetero) is 1. The van der Waals surface area contributed by atoms with Gasteiger partial charge in [0.1, 0.15) is 5.78 Å². The van der Waals surface area contributed by atoms with Crippen molar-refractivity contribution >= 4 is 20.1 Å². The van der Waals surface area contributed by atoms with Crippen LogP contribution in [0.1, 0.15) is 97.8 Å². The maximum Gasteiger partial charge on any atom is 0.303 e. The van der Waals surface area contributed by atoms with Crippen LogP contribution in [0.2, 0.25) is 18.1 Å². The standard InChI is InChI=1S/C21H42O4Si/c1-21(2,3)26(4,5)25-18-14-10-9-12-16-19(22)15-11-7-6-8-13-17-20(23)24/h6-18H2,1-5H3,(H,23,24). The van der Waals surface area contributed by atoms with Crippen molar-refractivity contribution < 1.29 is 19.1 Å². The predicted octanol–water partition coefficient (Wildman–Crippen LogP) is 6.34. The van der Waals surface area contributed by atoms with Crippen LogP contribution in [0.3, 0.4) is 0 Å². The molecule has 1 N–H and O–H groups in total. The largest absolute Gasteiger partial charge is 0.481 e. The average molecular weight is 387 g/mol. The Hall–Kier alpha value is -0.683. The van der Waals surface area contributed by atoms with E-state index in [9.17, 15) is 9.59 Å². The van der Waals surface area contributed by atoms with Crippen molar-refractivity contribution in [1.82, 2.24) is 0 Å². The summed E-state index contributed by atoms with van der Waals surface area (Å²) in [4.78, 5) is 22.2. The molecule has 0 aliphatic rings. The summed E-state index contributed by atoms with van der Waals surface area (Å²) in [7, 11) is -1.61. The summed E-state index contributed by atoms with van der Waals surface area (Å²) < 4.78 is 6.17. The molecule has 0 unspecified atom stereocenters. The highest BCUT2D eigenvalue weighted by molar-refractivity contribution is 6.74. The Morgan fingerprint density at radius 2 is 1.19 bits per heavy atom. The van der Waals surface area contributed by atoms with Gasteiger partial charge in [0.15, 0.2) is 8.32 Å². The zero-order chi connectivity index (χ0) is 20.1. The molecule has 26 heavy (non-hydrogen) atoms. The van der Waals surface area contributed by atoms with Crippen molar-refractivity contribution in [2.75, 3.05) is 6.61 Å². The molecule has 0 spiro atoms. The number of aliphatic carboxylic acids is 1. The lowest BCUT2D eigenvalue weighted by Gasteiger charge is -2.36. The van der Waals surface area contributed by atoms with Gasteiger partial charge < -0.3 is 9.53 Å². The highest BCUT2D eigenvalue weighted by Gasteiger charge is 2.36. The monoisotopic (exact) mass is 386 g/mol. The third-order valence-corrected chi connectivity index (χ3v) is 10.0. The van der Waals surface area contributed by atoms with Gasteiger partial charge in [-0.05, 0) is 43.8 Å². The molecule has 0 fully saturated rings. The van der Waals surface area contributed by atoms with E-state index < -0.39 is 14.3 Å². The number of hydrogen-bond acceptors (Lipinski definition) is 3. The third kappa shape index (κ3) is 13.5. The van der Waals surface area contributed by atoms with Gasteiger partial charge in [-0.25, -0.2) is 0 Å². The van der Waals surface area contributed by atoms with Crippen molar-refractivity contribution in [3.05, 3.63) is 0 Å². The molecule has 5 heteroatoms. The smallest absolute Gasteiger partial charge is 0.303 e. The molecule has 0 amide bonds. The molecule has 0 aromatic carbocycles. The lowest BCUT2D eigenvalue weighted by molar-refractivity contribution is -0.137. The molecular weight excluding hydrogens is 344 g/mol. The fourth-order valence-electron chi connectivity index (χ4n) is 2.58. The average Bonchev–Trinajstić information content (AvgIpc) is 2.51. The molecule has 0 bridgehead atoms. The molecule has 154 valence electrons. The summed E-state index contributed by atoms with van der Waals surface area (Å²) >= 11 is 0. The van der Waals surface area contributed by atoms with Crippen LogP contribution in [-0.2, 0) is 14.0 Å². The lowest BCUT2D eigenvalue weighted by Crippen LogP contribution is -2.40. The minimum absolute atomic E-state index is 0.264. The van der Waals surface area contributed by atoms with Crippen LogP contribution in [0.5, 0.6) is 0 Å². The zero-order valence-electron chi connectivity index (χ0n) is 17.9.